The van der Waals surface area contributed by atoms with E-state index in [4.69, 9.17) is 18.5 Å². The summed E-state index contributed by atoms with van der Waals surface area (Å²) in [5, 5.41) is 0. The first-order valence-corrected chi connectivity index (χ1v) is 25.4. The van der Waals surface area contributed by atoms with Crippen molar-refractivity contribution in [2.75, 3.05) is 47.5 Å². The molecule has 0 saturated heterocycles. The summed E-state index contributed by atoms with van der Waals surface area (Å²) in [7, 11) is 1.13. The molecule has 0 aliphatic heterocycles. The summed E-state index contributed by atoms with van der Waals surface area (Å²) in [4.78, 5) is 37.6. The molecule has 0 aromatic carbocycles. The molecule has 0 bridgehead atoms. The van der Waals surface area contributed by atoms with Crippen LogP contribution in [0.4, 0.5) is 0 Å². The molecule has 0 heterocycles. The van der Waals surface area contributed by atoms with Gasteiger partial charge in [-0.25, -0.2) is 0 Å². The highest BCUT2D eigenvalue weighted by atomic mass is 31.2. The quantitative estimate of drug-likeness (QED) is 0.0196. The van der Waals surface area contributed by atoms with Crippen LogP contribution in [0.2, 0.25) is 0 Å². The maximum atomic E-state index is 12.7. The lowest BCUT2D eigenvalue weighted by Gasteiger charge is -2.28. The average Bonchev–Trinajstić information content (AvgIpc) is 3.23. The number of ether oxygens (including phenoxy) is 2. The zero-order valence-corrected chi connectivity index (χ0v) is 40.7. The third-order valence-corrected chi connectivity index (χ3v) is 10.6. The topological polar surface area (TPSA) is 111 Å². The van der Waals surface area contributed by atoms with E-state index in [1.807, 2.05) is 21.1 Å². The summed E-state index contributed by atoms with van der Waals surface area (Å²) in [5.74, 6) is -0.878. The Morgan fingerprint density at radius 2 is 0.919 bits per heavy atom. The van der Waals surface area contributed by atoms with Crippen LogP contribution in [0.3, 0.4) is 0 Å². The van der Waals surface area contributed by atoms with Gasteiger partial charge < -0.3 is 27.9 Å². The summed E-state index contributed by atoms with van der Waals surface area (Å²) >= 11 is 0. The number of carbonyl (C=O) groups is 2. The minimum absolute atomic E-state index is 0.0417. The van der Waals surface area contributed by atoms with Crippen molar-refractivity contribution >= 4 is 19.8 Å². The highest BCUT2D eigenvalue weighted by Crippen LogP contribution is 2.38. The van der Waals surface area contributed by atoms with E-state index >= 15 is 0 Å². The predicted octanol–water partition coefficient (Wildman–Crippen LogP) is 13.5. The van der Waals surface area contributed by atoms with Crippen molar-refractivity contribution in [2.24, 2.45) is 0 Å². The summed E-state index contributed by atoms with van der Waals surface area (Å²) in [6.07, 6.45) is 57.3. The molecule has 0 radical (unpaired) electrons. The Kier molecular flexibility index (Phi) is 41.1. The van der Waals surface area contributed by atoms with E-state index in [2.05, 4.69) is 111 Å². The highest BCUT2D eigenvalue weighted by Gasteiger charge is 2.21. The summed E-state index contributed by atoms with van der Waals surface area (Å²) < 4.78 is 33.9. The van der Waals surface area contributed by atoms with Crippen molar-refractivity contribution in [1.82, 2.24) is 0 Å². The third kappa shape index (κ3) is 46.4. The van der Waals surface area contributed by atoms with Crippen LogP contribution < -0.4 is 4.89 Å². The van der Waals surface area contributed by atoms with Crippen molar-refractivity contribution in [3.05, 3.63) is 97.2 Å². The van der Waals surface area contributed by atoms with Crippen molar-refractivity contribution in [3.63, 3.8) is 0 Å². The van der Waals surface area contributed by atoms with Gasteiger partial charge in [0, 0.05) is 12.8 Å². The standard InChI is InChI=1S/C52H88NO8P/c1-6-8-10-12-14-16-18-19-20-21-22-23-24-25-26-27-28-29-30-31-32-33-35-37-39-41-43-45-52(55)61-50(49-60-62(56,57)59-47-46-53(3,4)5)48-58-51(54)44-42-40-38-36-34-17-15-13-11-9-7-2/h8,10,13-16,19-20,22-23,25-26,28-29,31-32,50H,6-7,9,11-12,17-18,21,24,27,30,33-49H2,1-5H3/b10-8-,15-13-,16-14-,20-19-,23-22-,26-25-,29-28-,32-31-. The van der Waals surface area contributed by atoms with E-state index in [9.17, 15) is 19.0 Å². The second kappa shape index (κ2) is 43.2. The summed E-state index contributed by atoms with van der Waals surface area (Å²) in [6, 6.07) is 0. The Balaban J connectivity index is 4.31. The van der Waals surface area contributed by atoms with Gasteiger partial charge in [-0.2, -0.15) is 0 Å². The fourth-order valence-corrected chi connectivity index (χ4v) is 6.58. The Hall–Kier alpha value is -3.07. The number of nitrogens with zero attached hydrogens (tertiary/aromatic N) is 1. The van der Waals surface area contributed by atoms with Crippen LogP contribution in [0, 0.1) is 0 Å². The van der Waals surface area contributed by atoms with E-state index in [1.54, 1.807) is 0 Å². The second-order valence-corrected chi connectivity index (χ2v) is 18.1. The van der Waals surface area contributed by atoms with Crippen LogP contribution in [0.1, 0.15) is 168 Å². The number of quaternary nitrogens is 1. The number of likely N-dealkylation sites (N-methyl/N-ethyl adjacent to an activating group) is 1. The summed E-state index contributed by atoms with van der Waals surface area (Å²) in [5.41, 5.74) is 0. The monoisotopic (exact) mass is 886 g/mol. The molecule has 0 fully saturated rings. The smallest absolute Gasteiger partial charge is 0.306 e. The molecule has 2 atom stereocenters. The fourth-order valence-electron chi connectivity index (χ4n) is 5.85. The molecule has 0 aromatic heterocycles. The van der Waals surface area contributed by atoms with Gasteiger partial charge >= 0.3 is 11.9 Å². The van der Waals surface area contributed by atoms with E-state index in [1.165, 1.54) is 12.8 Å². The van der Waals surface area contributed by atoms with E-state index in [0.29, 0.717) is 23.9 Å². The van der Waals surface area contributed by atoms with Crippen molar-refractivity contribution in [3.8, 4) is 0 Å². The molecular formula is C52H88NO8P. The van der Waals surface area contributed by atoms with E-state index in [-0.39, 0.29) is 26.1 Å². The van der Waals surface area contributed by atoms with Crippen LogP contribution in [0.25, 0.3) is 0 Å². The minimum atomic E-state index is -4.64. The van der Waals surface area contributed by atoms with Crippen molar-refractivity contribution < 1.29 is 42.1 Å². The first kappa shape index (κ1) is 58.9. The number of rotatable bonds is 42. The molecule has 2 unspecified atom stereocenters. The van der Waals surface area contributed by atoms with Gasteiger partial charge in [0.2, 0.25) is 0 Å². The molecular weight excluding hydrogens is 798 g/mol. The van der Waals surface area contributed by atoms with Crippen LogP contribution in [-0.4, -0.2) is 70.0 Å². The van der Waals surface area contributed by atoms with Gasteiger partial charge in [0.25, 0.3) is 7.82 Å². The van der Waals surface area contributed by atoms with Gasteiger partial charge in [0.1, 0.15) is 19.8 Å². The van der Waals surface area contributed by atoms with Crippen molar-refractivity contribution in [2.45, 2.75) is 174 Å². The van der Waals surface area contributed by atoms with Gasteiger partial charge in [-0.1, -0.05) is 162 Å². The minimum Gasteiger partial charge on any atom is -0.756 e. The van der Waals surface area contributed by atoms with Gasteiger partial charge in [-0.05, 0) is 89.9 Å². The van der Waals surface area contributed by atoms with Crippen LogP contribution in [-0.2, 0) is 32.7 Å². The van der Waals surface area contributed by atoms with Crippen LogP contribution >= 0.6 is 7.82 Å². The van der Waals surface area contributed by atoms with E-state index in [0.717, 1.165) is 116 Å². The molecule has 62 heavy (non-hydrogen) atoms. The lowest BCUT2D eigenvalue weighted by Crippen LogP contribution is -2.37. The lowest BCUT2D eigenvalue weighted by atomic mass is 10.1. The molecule has 354 valence electrons. The molecule has 0 spiro atoms. The fraction of sp³-hybridized carbons (Fsp3) is 0.654. The molecule has 0 saturated carbocycles. The molecule has 9 nitrogen and oxygen atoms in total. The van der Waals surface area contributed by atoms with E-state index < -0.39 is 32.5 Å². The zero-order chi connectivity index (χ0) is 45.7. The van der Waals surface area contributed by atoms with Crippen molar-refractivity contribution in [1.29, 1.82) is 0 Å². The second-order valence-electron chi connectivity index (χ2n) is 16.7. The Labute approximate surface area is 379 Å². The molecule has 0 N–H and O–H groups in total. The predicted molar refractivity (Wildman–Crippen MR) is 259 cm³/mol. The maximum absolute atomic E-state index is 12.7. The SMILES string of the molecule is CC/C=C\C/C=C\C/C=C\C/C=C\C/C=C\C/C=C\C/C=C\CCCCCCCC(=O)OC(COC(=O)CCCCCCC/C=C\CCCC)COP(=O)([O-])OCC[N+](C)(C)C. The highest BCUT2D eigenvalue weighted by molar-refractivity contribution is 7.45. The zero-order valence-electron chi connectivity index (χ0n) is 39.8. The first-order chi connectivity index (χ1) is 30.0. The maximum Gasteiger partial charge on any atom is 0.306 e. The average molecular weight is 886 g/mol. The molecule has 0 aliphatic carbocycles. The van der Waals surface area contributed by atoms with Crippen LogP contribution in [0.15, 0.2) is 97.2 Å². The normalized spacial score (nSPS) is 14.4. The van der Waals surface area contributed by atoms with Gasteiger partial charge in [0.05, 0.1) is 27.7 Å². The summed E-state index contributed by atoms with van der Waals surface area (Å²) in [6.45, 7) is 4.01. The number of hydrogen-bond acceptors (Lipinski definition) is 8. The van der Waals surface area contributed by atoms with Gasteiger partial charge in [0.15, 0.2) is 6.10 Å². The Morgan fingerprint density at radius 1 is 0.516 bits per heavy atom. The molecule has 0 amide bonds. The Bertz CT molecular complexity index is 1370. The number of carbonyl (C=O) groups excluding carboxylic acids is 2. The lowest BCUT2D eigenvalue weighted by molar-refractivity contribution is -0.870. The molecule has 0 aliphatic rings. The Morgan fingerprint density at radius 3 is 1.39 bits per heavy atom. The third-order valence-electron chi connectivity index (χ3n) is 9.59. The number of phosphoric acid groups is 1. The number of phosphoric ester groups is 1. The number of hydrogen-bond donors (Lipinski definition) is 0. The largest absolute Gasteiger partial charge is 0.756 e. The molecule has 0 aromatic rings. The number of esters is 2. The first-order valence-electron chi connectivity index (χ1n) is 23.9. The van der Waals surface area contributed by atoms with Gasteiger partial charge in [-0.3, -0.25) is 14.2 Å². The molecule has 0 rings (SSSR count). The van der Waals surface area contributed by atoms with Gasteiger partial charge in [-0.15, -0.1) is 0 Å². The number of unbranched alkanes of at least 4 members (excludes halogenated alkanes) is 12. The van der Waals surface area contributed by atoms with Crippen LogP contribution in [0.5, 0.6) is 0 Å². The number of allylic oxidation sites excluding steroid dienone is 16. The molecule has 10 heteroatoms.